The highest BCUT2D eigenvalue weighted by Gasteiger charge is 2.33. The fourth-order valence-electron chi connectivity index (χ4n) is 1.79. The lowest BCUT2D eigenvalue weighted by molar-refractivity contribution is -0.0446. The van der Waals surface area contributed by atoms with E-state index in [0.29, 0.717) is 0 Å². The maximum absolute atomic E-state index is 9.87. The molecule has 0 bridgehead atoms. The SMILES string of the molecule is CC(C)(C)N1CCC[C@@](C)(O)C1. The Labute approximate surface area is 75.6 Å². The number of nitrogens with zero attached hydrogens (tertiary/aromatic N) is 1. The van der Waals surface area contributed by atoms with E-state index in [1.54, 1.807) is 0 Å². The maximum Gasteiger partial charge on any atom is 0.0746 e. The highest BCUT2D eigenvalue weighted by molar-refractivity contribution is 4.88. The molecular formula is C10H21NO. The molecule has 0 aromatic rings. The number of piperidine rings is 1. The second-order valence-corrected chi connectivity index (χ2v) is 5.19. The molecule has 72 valence electrons. The third-order valence-corrected chi connectivity index (χ3v) is 2.62. The van der Waals surface area contributed by atoms with Gasteiger partial charge in [0.25, 0.3) is 0 Å². The maximum atomic E-state index is 9.87. The Hall–Kier alpha value is -0.0800. The van der Waals surface area contributed by atoms with E-state index in [1.165, 1.54) is 0 Å². The molecule has 0 aromatic heterocycles. The highest BCUT2D eigenvalue weighted by Crippen LogP contribution is 2.25. The summed E-state index contributed by atoms with van der Waals surface area (Å²) in [5.74, 6) is 0. The van der Waals surface area contributed by atoms with Crippen molar-refractivity contribution in [1.29, 1.82) is 0 Å². The van der Waals surface area contributed by atoms with E-state index in [0.717, 1.165) is 25.9 Å². The Morgan fingerprint density at radius 1 is 1.33 bits per heavy atom. The van der Waals surface area contributed by atoms with Gasteiger partial charge in [-0.1, -0.05) is 0 Å². The summed E-state index contributed by atoms with van der Waals surface area (Å²) in [4.78, 5) is 2.36. The third kappa shape index (κ3) is 2.46. The van der Waals surface area contributed by atoms with Crippen LogP contribution in [0.4, 0.5) is 0 Å². The first-order chi connectivity index (χ1) is 5.31. The first-order valence-corrected chi connectivity index (χ1v) is 4.79. The van der Waals surface area contributed by atoms with Crippen molar-refractivity contribution in [3.8, 4) is 0 Å². The van der Waals surface area contributed by atoms with Gasteiger partial charge in [0, 0.05) is 12.1 Å². The fraction of sp³-hybridized carbons (Fsp3) is 1.00. The molecular weight excluding hydrogens is 150 g/mol. The van der Waals surface area contributed by atoms with Crippen LogP contribution >= 0.6 is 0 Å². The van der Waals surface area contributed by atoms with Crippen LogP contribution in [0.1, 0.15) is 40.5 Å². The van der Waals surface area contributed by atoms with E-state index in [2.05, 4.69) is 25.7 Å². The van der Waals surface area contributed by atoms with Crippen molar-refractivity contribution >= 4 is 0 Å². The van der Waals surface area contributed by atoms with Crippen molar-refractivity contribution in [2.45, 2.75) is 51.7 Å². The van der Waals surface area contributed by atoms with Crippen LogP contribution in [0.15, 0.2) is 0 Å². The Bertz CT molecular complexity index is 154. The first kappa shape index (κ1) is 10.0. The van der Waals surface area contributed by atoms with Gasteiger partial charge in [-0.3, -0.25) is 4.90 Å². The summed E-state index contributed by atoms with van der Waals surface area (Å²) < 4.78 is 0. The zero-order chi connectivity index (χ0) is 9.41. The molecule has 12 heavy (non-hydrogen) atoms. The molecule has 1 N–H and O–H groups in total. The van der Waals surface area contributed by atoms with Gasteiger partial charge in [0.1, 0.15) is 0 Å². The van der Waals surface area contributed by atoms with Gasteiger partial charge >= 0.3 is 0 Å². The van der Waals surface area contributed by atoms with Gasteiger partial charge in [-0.05, 0) is 47.1 Å². The van der Waals surface area contributed by atoms with Crippen molar-refractivity contribution in [2.24, 2.45) is 0 Å². The summed E-state index contributed by atoms with van der Waals surface area (Å²) in [6.07, 6.45) is 2.06. The smallest absolute Gasteiger partial charge is 0.0746 e. The van der Waals surface area contributed by atoms with Crippen molar-refractivity contribution in [3.63, 3.8) is 0 Å². The van der Waals surface area contributed by atoms with Gasteiger partial charge in [-0.25, -0.2) is 0 Å². The summed E-state index contributed by atoms with van der Waals surface area (Å²) in [7, 11) is 0. The zero-order valence-electron chi connectivity index (χ0n) is 8.72. The monoisotopic (exact) mass is 171 g/mol. The molecule has 2 nitrogen and oxygen atoms in total. The van der Waals surface area contributed by atoms with Crippen LogP contribution in [0.25, 0.3) is 0 Å². The summed E-state index contributed by atoms with van der Waals surface area (Å²) in [5.41, 5.74) is -0.268. The number of hydrogen-bond donors (Lipinski definition) is 1. The number of rotatable bonds is 0. The van der Waals surface area contributed by atoms with Gasteiger partial charge in [0.2, 0.25) is 0 Å². The van der Waals surface area contributed by atoms with Crippen LogP contribution < -0.4 is 0 Å². The molecule has 0 aliphatic carbocycles. The van der Waals surface area contributed by atoms with Gasteiger partial charge in [0.05, 0.1) is 5.60 Å². The van der Waals surface area contributed by atoms with E-state index in [-0.39, 0.29) is 5.54 Å². The molecule has 1 atom stereocenters. The van der Waals surface area contributed by atoms with Crippen molar-refractivity contribution in [2.75, 3.05) is 13.1 Å². The minimum Gasteiger partial charge on any atom is -0.389 e. The molecule has 0 amide bonds. The van der Waals surface area contributed by atoms with Crippen molar-refractivity contribution in [1.82, 2.24) is 4.90 Å². The number of likely N-dealkylation sites (tertiary alicyclic amines) is 1. The Morgan fingerprint density at radius 2 is 1.92 bits per heavy atom. The molecule has 0 aromatic carbocycles. The van der Waals surface area contributed by atoms with Gasteiger partial charge in [-0.2, -0.15) is 0 Å². The number of aliphatic hydroxyl groups is 1. The van der Waals surface area contributed by atoms with Gasteiger partial charge < -0.3 is 5.11 Å². The minimum atomic E-state index is -0.467. The molecule has 0 spiro atoms. The predicted molar refractivity (Wildman–Crippen MR) is 51.2 cm³/mol. The molecule has 1 heterocycles. The normalized spacial score (nSPS) is 33.8. The second-order valence-electron chi connectivity index (χ2n) is 5.19. The first-order valence-electron chi connectivity index (χ1n) is 4.79. The molecule has 1 aliphatic rings. The van der Waals surface area contributed by atoms with Crippen LogP contribution in [0, 0.1) is 0 Å². The predicted octanol–water partition coefficient (Wildman–Crippen LogP) is 1.63. The van der Waals surface area contributed by atoms with E-state index in [9.17, 15) is 5.11 Å². The second kappa shape index (κ2) is 3.00. The molecule has 1 aliphatic heterocycles. The highest BCUT2D eigenvalue weighted by atomic mass is 16.3. The lowest BCUT2D eigenvalue weighted by atomic mass is 9.91. The zero-order valence-corrected chi connectivity index (χ0v) is 8.72. The summed E-state index contributed by atoms with van der Waals surface area (Å²) in [6, 6.07) is 0. The fourth-order valence-corrected chi connectivity index (χ4v) is 1.79. The van der Waals surface area contributed by atoms with E-state index < -0.39 is 5.60 Å². The average Bonchev–Trinajstić information content (AvgIpc) is 1.83. The molecule has 0 unspecified atom stereocenters. The molecule has 1 saturated heterocycles. The van der Waals surface area contributed by atoms with E-state index in [4.69, 9.17) is 0 Å². The standard InChI is InChI=1S/C10H21NO/c1-9(2,3)11-7-5-6-10(4,12)8-11/h12H,5-8H2,1-4H3/t10-/m1/s1. The molecule has 1 rings (SSSR count). The Kier molecular flexibility index (Phi) is 2.50. The van der Waals surface area contributed by atoms with Crippen molar-refractivity contribution < 1.29 is 5.11 Å². The quantitative estimate of drug-likeness (QED) is 0.599. The molecule has 1 fully saturated rings. The topological polar surface area (TPSA) is 23.5 Å². The Morgan fingerprint density at radius 3 is 2.25 bits per heavy atom. The van der Waals surface area contributed by atoms with Crippen LogP contribution in [0.5, 0.6) is 0 Å². The summed E-state index contributed by atoms with van der Waals surface area (Å²) >= 11 is 0. The summed E-state index contributed by atoms with van der Waals surface area (Å²) in [5, 5.41) is 9.87. The van der Waals surface area contributed by atoms with Crippen LogP contribution in [0.2, 0.25) is 0 Å². The number of β-amino-alcohol motifs (C(OH)–C–C–N with tert-alkyl or cyclic N) is 1. The lowest BCUT2D eigenvalue weighted by Gasteiger charge is -2.44. The van der Waals surface area contributed by atoms with Gasteiger partial charge in [-0.15, -0.1) is 0 Å². The van der Waals surface area contributed by atoms with E-state index in [1.807, 2.05) is 6.92 Å². The van der Waals surface area contributed by atoms with Crippen LogP contribution in [-0.2, 0) is 0 Å². The molecule has 2 heteroatoms. The third-order valence-electron chi connectivity index (χ3n) is 2.62. The van der Waals surface area contributed by atoms with Crippen molar-refractivity contribution in [3.05, 3.63) is 0 Å². The van der Waals surface area contributed by atoms with Crippen LogP contribution in [-0.4, -0.2) is 34.2 Å². The molecule has 0 saturated carbocycles. The lowest BCUT2D eigenvalue weighted by Crippen LogP contribution is -2.53. The van der Waals surface area contributed by atoms with Crippen LogP contribution in [0.3, 0.4) is 0 Å². The van der Waals surface area contributed by atoms with Gasteiger partial charge in [0.15, 0.2) is 0 Å². The Balaban J connectivity index is 2.58. The van der Waals surface area contributed by atoms with E-state index >= 15 is 0 Å². The average molecular weight is 171 g/mol. The number of hydrogen-bond acceptors (Lipinski definition) is 2. The minimum absolute atomic E-state index is 0.199. The molecule has 0 radical (unpaired) electrons. The largest absolute Gasteiger partial charge is 0.389 e. The summed E-state index contributed by atoms with van der Waals surface area (Å²) in [6.45, 7) is 10.5.